The highest BCUT2D eigenvalue weighted by Gasteiger charge is 2.12. The van der Waals surface area contributed by atoms with E-state index >= 15 is 0 Å². The fraction of sp³-hybridized carbons (Fsp3) is 0.238. The van der Waals surface area contributed by atoms with E-state index in [1.807, 2.05) is 19.1 Å². The van der Waals surface area contributed by atoms with Crippen LogP contribution in [0.2, 0.25) is 5.02 Å². The number of anilines is 3. The number of hydrogen-bond acceptors (Lipinski definition) is 6. The predicted molar refractivity (Wildman–Crippen MR) is 113 cm³/mol. The van der Waals surface area contributed by atoms with Gasteiger partial charge in [0.2, 0.25) is 5.95 Å². The molecule has 6 nitrogen and oxygen atoms in total. The molecule has 1 aromatic heterocycles. The molecule has 0 bridgehead atoms. The van der Waals surface area contributed by atoms with Gasteiger partial charge < -0.3 is 20.1 Å². The molecule has 1 heterocycles. The molecular formula is C21H23ClN4O2. The maximum atomic E-state index is 6.18. The summed E-state index contributed by atoms with van der Waals surface area (Å²) in [7, 11) is 3.16. The Kier molecular flexibility index (Phi) is 6.21. The Morgan fingerprint density at radius 1 is 0.964 bits per heavy atom. The quantitative estimate of drug-likeness (QED) is 0.575. The molecule has 146 valence electrons. The summed E-state index contributed by atoms with van der Waals surface area (Å²) < 4.78 is 10.7. The van der Waals surface area contributed by atoms with Crippen molar-refractivity contribution in [1.82, 2.24) is 9.97 Å². The molecule has 3 rings (SSSR count). The number of halogens is 1. The van der Waals surface area contributed by atoms with Gasteiger partial charge in [0.05, 0.1) is 24.9 Å². The van der Waals surface area contributed by atoms with Crippen LogP contribution in [0.1, 0.15) is 16.8 Å². The van der Waals surface area contributed by atoms with Crippen molar-refractivity contribution in [3.63, 3.8) is 0 Å². The fourth-order valence-electron chi connectivity index (χ4n) is 2.81. The Balaban J connectivity index is 1.82. The molecular weight excluding hydrogens is 376 g/mol. The number of hydrogen-bond donors (Lipinski definition) is 2. The van der Waals surface area contributed by atoms with Gasteiger partial charge in [-0.1, -0.05) is 41.4 Å². The number of ether oxygens (including phenoxy) is 2. The zero-order chi connectivity index (χ0) is 20.1. The van der Waals surface area contributed by atoms with Crippen LogP contribution in [0.3, 0.4) is 0 Å². The molecule has 2 aromatic carbocycles. The van der Waals surface area contributed by atoms with Crippen molar-refractivity contribution >= 4 is 29.1 Å². The van der Waals surface area contributed by atoms with Crippen LogP contribution in [0.4, 0.5) is 17.5 Å². The molecule has 7 heteroatoms. The van der Waals surface area contributed by atoms with E-state index in [2.05, 4.69) is 45.7 Å². The number of aryl methyl sites for hydroxylation is 2. The molecule has 0 aliphatic heterocycles. The van der Waals surface area contributed by atoms with Crippen molar-refractivity contribution < 1.29 is 9.47 Å². The lowest BCUT2D eigenvalue weighted by Gasteiger charge is -2.14. The Hall–Kier alpha value is -2.99. The molecule has 0 amide bonds. The van der Waals surface area contributed by atoms with Gasteiger partial charge in [0.15, 0.2) is 0 Å². The van der Waals surface area contributed by atoms with Crippen molar-refractivity contribution in [2.24, 2.45) is 0 Å². The van der Waals surface area contributed by atoms with Crippen LogP contribution in [-0.4, -0.2) is 24.2 Å². The standard InChI is InChI=1S/C21H23ClN4O2/c1-13-6-5-7-15(8-13)12-23-21-24-14(2)9-20(26-21)25-17-11-18(27-3)16(22)10-19(17)28-4/h5-11H,12H2,1-4H3,(H2,23,24,25,26). The second-order valence-electron chi connectivity index (χ2n) is 6.37. The zero-order valence-electron chi connectivity index (χ0n) is 16.3. The van der Waals surface area contributed by atoms with Gasteiger partial charge in [0.1, 0.15) is 17.3 Å². The third-order valence-corrected chi connectivity index (χ3v) is 4.42. The van der Waals surface area contributed by atoms with Crippen LogP contribution in [0.15, 0.2) is 42.5 Å². The number of benzene rings is 2. The maximum Gasteiger partial charge on any atom is 0.225 e. The van der Waals surface area contributed by atoms with Crippen LogP contribution in [-0.2, 0) is 6.54 Å². The Labute approximate surface area is 169 Å². The van der Waals surface area contributed by atoms with E-state index in [4.69, 9.17) is 21.1 Å². The van der Waals surface area contributed by atoms with Crippen LogP contribution in [0.25, 0.3) is 0 Å². The zero-order valence-corrected chi connectivity index (χ0v) is 17.1. The second kappa shape index (κ2) is 8.80. The first kappa shape index (κ1) is 19.8. The average molecular weight is 399 g/mol. The Morgan fingerprint density at radius 2 is 1.75 bits per heavy atom. The van der Waals surface area contributed by atoms with Gasteiger partial charge in [-0.25, -0.2) is 4.98 Å². The summed E-state index contributed by atoms with van der Waals surface area (Å²) in [6.45, 7) is 4.63. The normalized spacial score (nSPS) is 10.5. The largest absolute Gasteiger partial charge is 0.495 e. The monoisotopic (exact) mass is 398 g/mol. The average Bonchev–Trinajstić information content (AvgIpc) is 2.67. The van der Waals surface area contributed by atoms with E-state index in [1.165, 1.54) is 11.1 Å². The summed E-state index contributed by atoms with van der Waals surface area (Å²) in [4.78, 5) is 9.02. The Bertz CT molecular complexity index is 979. The molecule has 28 heavy (non-hydrogen) atoms. The smallest absolute Gasteiger partial charge is 0.225 e. The number of aromatic nitrogens is 2. The van der Waals surface area contributed by atoms with Crippen LogP contribution < -0.4 is 20.1 Å². The topological polar surface area (TPSA) is 68.3 Å². The van der Waals surface area contributed by atoms with Gasteiger partial charge >= 0.3 is 0 Å². The van der Waals surface area contributed by atoms with Crippen molar-refractivity contribution in [1.29, 1.82) is 0 Å². The van der Waals surface area contributed by atoms with Crippen LogP contribution >= 0.6 is 11.6 Å². The first-order valence-corrected chi connectivity index (χ1v) is 9.20. The van der Waals surface area contributed by atoms with Gasteiger partial charge in [-0.05, 0) is 19.4 Å². The minimum atomic E-state index is 0.476. The van der Waals surface area contributed by atoms with Gasteiger partial charge in [0, 0.05) is 30.4 Å². The second-order valence-corrected chi connectivity index (χ2v) is 6.78. The van der Waals surface area contributed by atoms with E-state index in [-0.39, 0.29) is 0 Å². The molecule has 0 unspecified atom stereocenters. The molecule has 2 N–H and O–H groups in total. The van der Waals surface area contributed by atoms with Gasteiger partial charge in [-0.15, -0.1) is 0 Å². The summed E-state index contributed by atoms with van der Waals surface area (Å²) in [5, 5.41) is 7.01. The Morgan fingerprint density at radius 3 is 2.46 bits per heavy atom. The summed E-state index contributed by atoms with van der Waals surface area (Å²) in [6.07, 6.45) is 0. The molecule has 0 radical (unpaired) electrons. The molecule has 0 spiro atoms. The number of nitrogens with zero attached hydrogens (tertiary/aromatic N) is 2. The van der Waals surface area contributed by atoms with Crippen molar-refractivity contribution in [2.75, 3.05) is 24.9 Å². The highest BCUT2D eigenvalue weighted by atomic mass is 35.5. The first-order chi connectivity index (χ1) is 13.5. The third-order valence-electron chi connectivity index (χ3n) is 4.12. The van der Waals surface area contributed by atoms with Crippen LogP contribution in [0.5, 0.6) is 11.5 Å². The fourth-order valence-corrected chi connectivity index (χ4v) is 3.04. The van der Waals surface area contributed by atoms with Gasteiger partial charge in [0.25, 0.3) is 0 Å². The summed E-state index contributed by atoms with van der Waals surface area (Å²) in [5.41, 5.74) is 3.93. The van der Waals surface area contributed by atoms with E-state index in [0.717, 1.165) is 5.69 Å². The van der Waals surface area contributed by atoms with Crippen LogP contribution in [0, 0.1) is 13.8 Å². The van der Waals surface area contributed by atoms with E-state index in [0.29, 0.717) is 40.5 Å². The molecule has 0 aliphatic carbocycles. The minimum Gasteiger partial charge on any atom is -0.495 e. The van der Waals surface area contributed by atoms with E-state index in [9.17, 15) is 0 Å². The van der Waals surface area contributed by atoms with Crippen molar-refractivity contribution in [3.8, 4) is 11.5 Å². The molecule has 0 fully saturated rings. The van der Waals surface area contributed by atoms with Gasteiger partial charge in [-0.2, -0.15) is 4.98 Å². The number of rotatable bonds is 7. The lowest BCUT2D eigenvalue weighted by Crippen LogP contribution is -2.07. The highest BCUT2D eigenvalue weighted by molar-refractivity contribution is 6.32. The lowest BCUT2D eigenvalue weighted by atomic mass is 10.1. The van der Waals surface area contributed by atoms with Gasteiger partial charge in [-0.3, -0.25) is 0 Å². The number of nitrogens with one attached hydrogen (secondary N) is 2. The summed E-state index contributed by atoms with van der Waals surface area (Å²) >= 11 is 6.18. The summed E-state index contributed by atoms with van der Waals surface area (Å²) in [5.74, 6) is 2.33. The molecule has 0 saturated heterocycles. The highest BCUT2D eigenvalue weighted by Crippen LogP contribution is 2.37. The SMILES string of the molecule is COc1cc(Nc2cc(C)nc(NCc3cccc(C)c3)n2)c(OC)cc1Cl. The predicted octanol–water partition coefficient (Wildman–Crippen LogP) is 5.12. The first-order valence-electron chi connectivity index (χ1n) is 8.82. The van der Waals surface area contributed by atoms with Crippen molar-refractivity contribution in [3.05, 3.63) is 64.3 Å². The molecule has 0 atom stereocenters. The minimum absolute atomic E-state index is 0.476. The third kappa shape index (κ3) is 4.84. The molecule has 0 aliphatic rings. The number of methoxy groups -OCH3 is 2. The molecule has 3 aromatic rings. The summed E-state index contributed by atoms with van der Waals surface area (Å²) in [6, 6.07) is 13.6. The lowest BCUT2D eigenvalue weighted by molar-refractivity contribution is 0.405. The van der Waals surface area contributed by atoms with Crippen molar-refractivity contribution in [2.45, 2.75) is 20.4 Å². The molecule has 0 saturated carbocycles. The maximum absolute atomic E-state index is 6.18. The van der Waals surface area contributed by atoms with E-state index in [1.54, 1.807) is 26.4 Å². The van der Waals surface area contributed by atoms with E-state index < -0.39 is 0 Å².